The van der Waals surface area contributed by atoms with Crippen LogP contribution in [0.4, 0.5) is 5.69 Å². The van der Waals surface area contributed by atoms with Gasteiger partial charge < -0.3 is 10.2 Å². The minimum atomic E-state index is -0.443. The van der Waals surface area contributed by atoms with Gasteiger partial charge in [0.05, 0.1) is 10.6 Å². The number of rotatable bonds is 3. The SMILES string of the molecule is O=C(c1ccn(-c2cccc([N+](=O)[O-])c2)n1)N1C2CCNCC1CC2. The van der Waals surface area contributed by atoms with Crippen molar-refractivity contribution in [2.45, 2.75) is 31.3 Å². The molecule has 8 heteroatoms. The summed E-state index contributed by atoms with van der Waals surface area (Å²) >= 11 is 0. The van der Waals surface area contributed by atoms with E-state index in [4.69, 9.17) is 0 Å². The summed E-state index contributed by atoms with van der Waals surface area (Å²) in [7, 11) is 0. The maximum Gasteiger partial charge on any atom is 0.274 e. The van der Waals surface area contributed by atoms with E-state index >= 15 is 0 Å². The highest BCUT2D eigenvalue weighted by Crippen LogP contribution is 2.29. The molecule has 1 aromatic heterocycles. The van der Waals surface area contributed by atoms with Crippen LogP contribution in [0, 0.1) is 10.1 Å². The molecule has 1 amide bonds. The van der Waals surface area contributed by atoms with E-state index < -0.39 is 4.92 Å². The number of non-ortho nitro benzene ring substituents is 1. The molecule has 4 rings (SSSR count). The Balaban J connectivity index is 1.60. The summed E-state index contributed by atoms with van der Waals surface area (Å²) in [5.41, 5.74) is 0.941. The third-order valence-electron chi connectivity index (χ3n) is 5.00. The maximum atomic E-state index is 12.9. The zero-order chi connectivity index (χ0) is 17.4. The second-order valence-electron chi connectivity index (χ2n) is 6.51. The smallest absolute Gasteiger partial charge is 0.274 e. The van der Waals surface area contributed by atoms with Crippen molar-refractivity contribution in [2.24, 2.45) is 0 Å². The van der Waals surface area contributed by atoms with Crippen molar-refractivity contribution < 1.29 is 9.72 Å². The fourth-order valence-corrected chi connectivity index (χ4v) is 3.78. The van der Waals surface area contributed by atoms with Crippen LogP contribution in [0.1, 0.15) is 29.8 Å². The largest absolute Gasteiger partial charge is 0.330 e. The van der Waals surface area contributed by atoms with Crippen molar-refractivity contribution in [1.82, 2.24) is 20.0 Å². The molecule has 2 fully saturated rings. The predicted molar refractivity (Wildman–Crippen MR) is 90.7 cm³/mol. The van der Waals surface area contributed by atoms with E-state index in [1.165, 1.54) is 16.8 Å². The van der Waals surface area contributed by atoms with Crippen LogP contribution in [0.25, 0.3) is 5.69 Å². The number of carbonyl (C=O) groups excluding carboxylic acids is 1. The quantitative estimate of drug-likeness (QED) is 0.678. The number of hydrogen-bond acceptors (Lipinski definition) is 5. The van der Waals surface area contributed by atoms with Gasteiger partial charge in [-0.3, -0.25) is 14.9 Å². The van der Waals surface area contributed by atoms with Crippen LogP contribution < -0.4 is 5.32 Å². The molecular formula is C17H19N5O3. The van der Waals surface area contributed by atoms with Crippen molar-refractivity contribution >= 4 is 11.6 Å². The average Bonchev–Trinajstić information content (AvgIpc) is 3.18. The molecule has 2 aliphatic heterocycles. The third-order valence-corrected chi connectivity index (χ3v) is 5.00. The number of nitrogens with zero attached hydrogens (tertiary/aromatic N) is 4. The zero-order valence-corrected chi connectivity index (χ0v) is 13.7. The minimum Gasteiger partial charge on any atom is -0.330 e. The van der Waals surface area contributed by atoms with Gasteiger partial charge in [0.15, 0.2) is 5.69 Å². The van der Waals surface area contributed by atoms with Gasteiger partial charge >= 0.3 is 0 Å². The molecule has 2 unspecified atom stereocenters. The molecule has 2 atom stereocenters. The molecule has 130 valence electrons. The Labute approximate surface area is 144 Å². The van der Waals surface area contributed by atoms with E-state index in [0.717, 1.165) is 32.4 Å². The molecular weight excluding hydrogens is 322 g/mol. The summed E-state index contributed by atoms with van der Waals surface area (Å²) in [6, 6.07) is 8.39. The van der Waals surface area contributed by atoms with Gasteiger partial charge in [0.2, 0.25) is 0 Å². The lowest BCUT2D eigenvalue weighted by Gasteiger charge is -2.27. The number of nitrogens with one attached hydrogen (secondary N) is 1. The highest BCUT2D eigenvalue weighted by Gasteiger charge is 2.39. The fraction of sp³-hybridized carbons (Fsp3) is 0.412. The van der Waals surface area contributed by atoms with E-state index in [1.54, 1.807) is 24.4 Å². The first-order valence-electron chi connectivity index (χ1n) is 8.47. The van der Waals surface area contributed by atoms with Crippen LogP contribution >= 0.6 is 0 Å². The van der Waals surface area contributed by atoms with Crippen LogP contribution in [-0.2, 0) is 0 Å². The molecule has 0 spiro atoms. The number of benzene rings is 1. The van der Waals surface area contributed by atoms with Gasteiger partial charge in [-0.25, -0.2) is 4.68 Å². The Morgan fingerprint density at radius 2 is 2.08 bits per heavy atom. The van der Waals surface area contributed by atoms with E-state index in [2.05, 4.69) is 10.4 Å². The lowest BCUT2D eigenvalue weighted by molar-refractivity contribution is -0.384. The number of nitro benzene ring substituents is 1. The molecule has 0 aliphatic carbocycles. The first kappa shape index (κ1) is 15.8. The van der Waals surface area contributed by atoms with Crippen molar-refractivity contribution in [1.29, 1.82) is 0 Å². The number of hydrogen-bond donors (Lipinski definition) is 1. The molecule has 1 aromatic carbocycles. The van der Waals surface area contributed by atoms with Gasteiger partial charge in [0, 0.05) is 37.0 Å². The van der Waals surface area contributed by atoms with Crippen molar-refractivity contribution in [3.05, 3.63) is 52.3 Å². The molecule has 2 aliphatic rings. The van der Waals surface area contributed by atoms with E-state index in [1.807, 2.05) is 4.90 Å². The molecule has 8 nitrogen and oxygen atoms in total. The normalized spacial score (nSPS) is 22.6. The summed E-state index contributed by atoms with van der Waals surface area (Å²) in [5.74, 6) is -0.0552. The number of fused-ring (bicyclic) bond motifs is 2. The Kier molecular flexibility index (Phi) is 3.96. The number of nitro groups is 1. The minimum absolute atomic E-state index is 0.00230. The first-order chi connectivity index (χ1) is 12.1. The predicted octanol–water partition coefficient (Wildman–Crippen LogP) is 1.75. The number of aromatic nitrogens is 2. The Morgan fingerprint density at radius 1 is 1.24 bits per heavy atom. The van der Waals surface area contributed by atoms with E-state index in [9.17, 15) is 14.9 Å². The molecule has 25 heavy (non-hydrogen) atoms. The average molecular weight is 341 g/mol. The zero-order valence-electron chi connectivity index (χ0n) is 13.7. The summed E-state index contributed by atoms with van der Waals surface area (Å²) in [6.07, 6.45) is 4.71. The Bertz CT molecular complexity index is 804. The summed E-state index contributed by atoms with van der Waals surface area (Å²) < 4.78 is 1.51. The van der Waals surface area contributed by atoms with E-state index in [0.29, 0.717) is 11.4 Å². The highest BCUT2D eigenvalue weighted by atomic mass is 16.6. The standard InChI is InChI=1S/C17H19N5O3/c23-17(21-12-4-5-15(21)11-18-8-6-12)16-7-9-20(19-16)13-2-1-3-14(10-13)22(24)25/h1-3,7,9-10,12,15,18H,4-6,8,11H2. The molecule has 2 bridgehead atoms. The number of amides is 1. The van der Waals surface area contributed by atoms with Crippen LogP contribution in [0.3, 0.4) is 0 Å². The molecule has 1 N–H and O–H groups in total. The van der Waals surface area contributed by atoms with Crippen LogP contribution in [0.5, 0.6) is 0 Å². The third kappa shape index (κ3) is 2.89. The molecule has 2 aromatic rings. The lowest BCUT2D eigenvalue weighted by atomic mass is 10.1. The fourth-order valence-electron chi connectivity index (χ4n) is 3.78. The van der Waals surface area contributed by atoms with Crippen molar-refractivity contribution in [3.63, 3.8) is 0 Å². The van der Waals surface area contributed by atoms with Gasteiger partial charge in [0.25, 0.3) is 11.6 Å². The monoisotopic (exact) mass is 341 g/mol. The molecule has 3 heterocycles. The summed E-state index contributed by atoms with van der Waals surface area (Å²) in [5, 5.41) is 18.7. The Hall–Kier alpha value is -2.74. The molecule has 2 saturated heterocycles. The van der Waals surface area contributed by atoms with Crippen LogP contribution in [0.15, 0.2) is 36.5 Å². The van der Waals surface area contributed by atoms with E-state index in [-0.39, 0.29) is 23.7 Å². The maximum absolute atomic E-state index is 12.9. The van der Waals surface area contributed by atoms with Crippen LogP contribution in [-0.4, -0.2) is 50.7 Å². The van der Waals surface area contributed by atoms with Gasteiger partial charge in [-0.05, 0) is 37.9 Å². The molecule has 0 radical (unpaired) electrons. The Morgan fingerprint density at radius 3 is 2.92 bits per heavy atom. The van der Waals surface area contributed by atoms with Gasteiger partial charge in [-0.2, -0.15) is 5.10 Å². The van der Waals surface area contributed by atoms with Gasteiger partial charge in [-0.15, -0.1) is 0 Å². The van der Waals surface area contributed by atoms with Crippen molar-refractivity contribution in [3.8, 4) is 5.69 Å². The van der Waals surface area contributed by atoms with Gasteiger partial charge in [-0.1, -0.05) is 6.07 Å². The second kappa shape index (κ2) is 6.29. The van der Waals surface area contributed by atoms with Crippen molar-refractivity contribution in [2.75, 3.05) is 13.1 Å². The lowest BCUT2D eigenvalue weighted by Crippen LogP contribution is -2.42. The first-order valence-corrected chi connectivity index (χ1v) is 8.47. The second-order valence-corrected chi connectivity index (χ2v) is 6.51. The van der Waals surface area contributed by atoms with Crippen LogP contribution in [0.2, 0.25) is 0 Å². The van der Waals surface area contributed by atoms with Gasteiger partial charge in [0.1, 0.15) is 0 Å². The summed E-state index contributed by atoms with van der Waals surface area (Å²) in [4.78, 5) is 25.4. The summed E-state index contributed by atoms with van der Waals surface area (Å²) in [6.45, 7) is 1.76. The number of carbonyl (C=O) groups is 1. The topological polar surface area (TPSA) is 93.3 Å². The highest BCUT2D eigenvalue weighted by molar-refractivity contribution is 5.93. The molecule has 0 saturated carbocycles.